The van der Waals surface area contributed by atoms with Gasteiger partial charge in [0.15, 0.2) is 0 Å². The summed E-state index contributed by atoms with van der Waals surface area (Å²) in [6, 6.07) is 38.0. The number of nitrogens with zero attached hydrogens (tertiary/aromatic N) is 1. The third kappa shape index (κ3) is 5.83. The van der Waals surface area contributed by atoms with Gasteiger partial charge in [0.2, 0.25) is 5.91 Å². The van der Waals surface area contributed by atoms with Crippen molar-refractivity contribution in [1.82, 2.24) is 9.88 Å². The lowest BCUT2D eigenvalue weighted by Gasteiger charge is -2.24. The first-order chi connectivity index (χ1) is 18.1. The minimum Gasteiger partial charge on any atom is -0.352 e. The van der Waals surface area contributed by atoms with E-state index in [4.69, 9.17) is 0 Å². The monoisotopic (exact) mass is 486 g/mol. The highest BCUT2D eigenvalue weighted by atomic mass is 16.1. The van der Waals surface area contributed by atoms with Gasteiger partial charge >= 0.3 is 0 Å². The van der Waals surface area contributed by atoms with Crippen molar-refractivity contribution in [2.45, 2.75) is 45.2 Å². The van der Waals surface area contributed by atoms with Gasteiger partial charge in [-0.3, -0.25) is 4.79 Å². The van der Waals surface area contributed by atoms with Crippen molar-refractivity contribution in [1.29, 1.82) is 0 Å². The van der Waals surface area contributed by atoms with Crippen molar-refractivity contribution in [3.8, 4) is 0 Å². The highest BCUT2D eigenvalue weighted by Crippen LogP contribution is 2.40. The maximum atomic E-state index is 13.3. The van der Waals surface area contributed by atoms with Crippen LogP contribution in [0.4, 0.5) is 0 Å². The molecule has 1 heterocycles. The quantitative estimate of drug-likeness (QED) is 0.229. The third-order valence-corrected chi connectivity index (χ3v) is 7.36. The number of carbonyl (C=O) groups excluding carboxylic acids is 1. The first kappa shape index (κ1) is 24.6. The van der Waals surface area contributed by atoms with E-state index in [1.165, 1.54) is 33.2 Å². The molecule has 1 aromatic heterocycles. The summed E-state index contributed by atoms with van der Waals surface area (Å²) in [7, 11) is 0. The van der Waals surface area contributed by atoms with Gasteiger partial charge < -0.3 is 9.88 Å². The Balaban J connectivity index is 1.48. The topological polar surface area (TPSA) is 34.0 Å². The van der Waals surface area contributed by atoms with Gasteiger partial charge in [-0.05, 0) is 41.2 Å². The number of para-hydroxylation sites is 1. The van der Waals surface area contributed by atoms with E-state index in [0.29, 0.717) is 13.0 Å². The van der Waals surface area contributed by atoms with Crippen LogP contribution in [0.25, 0.3) is 10.9 Å². The lowest BCUT2D eigenvalue weighted by molar-refractivity contribution is -0.121. The van der Waals surface area contributed by atoms with Crippen molar-refractivity contribution in [2.75, 3.05) is 0 Å². The van der Waals surface area contributed by atoms with E-state index in [9.17, 15) is 4.79 Å². The molecule has 0 saturated carbocycles. The molecule has 4 aromatic carbocycles. The number of benzene rings is 4. The van der Waals surface area contributed by atoms with Crippen LogP contribution in [-0.4, -0.2) is 10.5 Å². The minimum absolute atomic E-state index is 0.0438. The highest BCUT2D eigenvalue weighted by Gasteiger charge is 2.27. The Morgan fingerprint density at radius 2 is 1.43 bits per heavy atom. The number of nitrogens with one attached hydrogen (secondary N) is 1. The summed E-state index contributed by atoms with van der Waals surface area (Å²) in [6.45, 7) is 5.71. The summed E-state index contributed by atoms with van der Waals surface area (Å²) in [5, 5.41) is 4.38. The van der Waals surface area contributed by atoms with Crippen LogP contribution in [0.3, 0.4) is 0 Å². The lowest BCUT2D eigenvalue weighted by atomic mass is 9.80. The predicted molar refractivity (Wildman–Crippen MR) is 153 cm³/mol. The second-order valence-corrected chi connectivity index (χ2v) is 9.99. The first-order valence-electron chi connectivity index (χ1n) is 13.1. The van der Waals surface area contributed by atoms with Crippen molar-refractivity contribution < 1.29 is 4.79 Å². The van der Waals surface area contributed by atoms with E-state index in [1.54, 1.807) is 0 Å². The van der Waals surface area contributed by atoms with Gasteiger partial charge in [0.1, 0.15) is 0 Å². The molecule has 1 amide bonds. The molecule has 1 N–H and O–H groups in total. The third-order valence-electron chi connectivity index (χ3n) is 7.36. The van der Waals surface area contributed by atoms with Crippen molar-refractivity contribution in [3.05, 3.63) is 143 Å². The molecule has 37 heavy (non-hydrogen) atoms. The van der Waals surface area contributed by atoms with Gasteiger partial charge in [-0.1, -0.05) is 116 Å². The molecule has 0 unspecified atom stereocenters. The number of aromatic nitrogens is 1. The molecule has 5 aromatic rings. The average molecular weight is 487 g/mol. The molecule has 0 aliphatic rings. The number of aryl methyl sites for hydroxylation is 1. The van der Waals surface area contributed by atoms with Crippen molar-refractivity contribution in [3.63, 3.8) is 0 Å². The van der Waals surface area contributed by atoms with Gasteiger partial charge in [0.05, 0.1) is 0 Å². The van der Waals surface area contributed by atoms with Crippen LogP contribution in [0.2, 0.25) is 0 Å². The maximum absolute atomic E-state index is 13.3. The van der Waals surface area contributed by atoms with Crippen LogP contribution in [0, 0.1) is 6.92 Å². The lowest BCUT2D eigenvalue weighted by Crippen LogP contribution is -2.26. The molecule has 0 radical (unpaired) electrons. The summed E-state index contributed by atoms with van der Waals surface area (Å²) in [5.41, 5.74) is 7.32. The van der Waals surface area contributed by atoms with Gasteiger partial charge in [-0.25, -0.2) is 0 Å². The molecular weight excluding hydrogens is 452 g/mol. The number of carbonyl (C=O) groups is 1. The summed E-state index contributed by atoms with van der Waals surface area (Å²) < 4.78 is 2.34. The molecule has 0 aliphatic heterocycles. The molecule has 0 saturated heterocycles. The molecule has 3 nitrogen and oxygen atoms in total. The van der Waals surface area contributed by atoms with Crippen LogP contribution in [-0.2, 0) is 17.9 Å². The second kappa shape index (κ2) is 11.3. The van der Waals surface area contributed by atoms with Gasteiger partial charge in [-0.2, -0.15) is 0 Å². The number of amides is 1. The van der Waals surface area contributed by atoms with E-state index in [0.717, 1.165) is 12.1 Å². The van der Waals surface area contributed by atoms with E-state index in [-0.39, 0.29) is 17.7 Å². The predicted octanol–water partition coefficient (Wildman–Crippen LogP) is 7.59. The molecule has 2 atom stereocenters. The summed E-state index contributed by atoms with van der Waals surface area (Å²) in [6.07, 6.45) is 2.71. The fraction of sp³-hybridized carbons (Fsp3) is 0.206. The molecule has 0 fully saturated rings. The standard InChI is InChI=1S/C34H34N2O/c1-25-17-19-28(20-18-25)23-36-24-32(30-15-9-10-16-33(30)36)31(26(2)29-13-7-4-8-14-29)21-34(37)35-22-27-11-5-3-6-12-27/h3-20,24,26,31H,21-23H2,1-2H3,(H,35,37)/t26-,31+/m1/s1. The number of rotatable bonds is 9. The molecule has 0 bridgehead atoms. The smallest absolute Gasteiger partial charge is 0.220 e. The van der Waals surface area contributed by atoms with Crippen LogP contribution in [0.15, 0.2) is 115 Å². The summed E-state index contributed by atoms with van der Waals surface area (Å²) >= 11 is 0. The Morgan fingerprint density at radius 3 is 2.16 bits per heavy atom. The van der Waals surface area contributed by atoms with Crippen molar-refractivity contribution in [2.24, 2.45) is 0 Å². The molecule has 0 aliphatic carbocycles. The Labute approximate surface area is 219 Å². The molecule has 0 spiro atoms. The normalized spacial score (nSPS) is 12.8. The highest BCUT2D eigenvalue weighted by molar-refractivity contribution is 5.86. The van der Waals surface area contributed by atoms with E-state index in [1.807, 2.05) is 36.4 Å². The van der Waals surface area contributed by atoms with Crippen LogP contribution < -0.4 is 5.32 Å². The molecule has 3 heteroatoms. The van der Waals surface area contributed by atoms with E-state index >= 15 is 0 Å². The average Bonchev–Trinajstić information content (AvgIpc) is 3.30. The zero-order chi connectivity index (χ0) is 25.6. The molecule has 186 valence electrons. The van der Waals surface area contributed by atoms with Crippen LogP contribution in [0.5, 0.6) is 0 Å². The number of hydrogen-bond acceptors (Lipinski definition) is 1. The second-order valence-electron chi connectivity index (χ2n) is 9.99. The van der Waals surface area contributed by atoms with Gasteiger partial charge in [0.25, 0.3) is 0 Å². The zero-order valence-electron chi connectivity index (χ0n) is 21.6. The van der Waals surface area contributed by atoms with Crippen LogP contribution >= 0.6 is 0 Å². The zero-order valence-corrected chi connectivity index (χ0v) is 21.6. The Kier molecular flexibility index (Phi) is 7.51. The maximum Gasteiger partial charge on any atom is 0.220 e. The van der Waals surface area contributed by atoms with Crippen molar-refractivity contribution >= 4 is 16.8 Å². The summed E-state index contributed by atoms with van der Waals surface area (Å²) in [4.78, 5) is 13.3. The van der Waals surface area contributed by atoms with Gasteiger partial charge in [-0.15, -0.1) is 0 Å². The number of fused-ring (bicyclic) bond motifs is 1. The minimum atomic E-state index is 0.0438. The molecular formula is C34H34N2O. The Morgan fingerprint density at radius 1 is 0.784 bits per heavy atom. The Bertz CT molecular complexity index is 1450. The SMILES string of the molecule is Cc1ccc(Cn2cc([C@@H](CC(=O)NCc3ccccc3)[C@H](C)c3ccccc3)c3ccccc32)cc1. The first-order valence-corrected chi connectivity index (χ1v) is 13.1. The summed E-state index contributed by atoms with van der Waals surface area (Å²) in [5.74, 6) is 0.302. The molecule has 5 rings (SSSR count). The fourth-order valence-electron chi connectivity index (χ4n) is 5.21. The number of hydrogen-bond donors (Lipinski definition) is 1. The van der Waals surface area contributed by atoms with Crippen LogP contribution in [0.1, 0.15) is 53.0 Å². The van der Waals surface area contributed by atoms with E-state index in [2.05, 4.69) is 103 Å². The Hall–Kier alpha value is -4.11. The van der Waals surface area contributed by atoms with E-state index < -0.39 is 0 Å². The van der Waals surface area contributed by atoms with Gasteiger partial charge in [0, 0.05) is 42.5 Å². The largest absolute Gasteiger partial charge is 0.352 e. The fourth-order valence-corrected chi connectivity index (χ4v) is 5.21.